The Balaban J connectivity index is 4.23. The standard InChI is InChI=1S/C57H113N2O6P/c1-6-8-10-12-14-16-18-20-22-24-26-28-29-31-33-35-37-39-41-43-45-47-49-51-57(61)58-55(54-65-66(62,63)64-53-52-59(3,4)5)56(60)50-48-46-44-42-40-38-36-34-32-30-27-25-23-21-19-17-15-13-11-9-7-2/h40,42,48,50,55-56,60H,6-39,41,43-47,49,51-54H2,1-5H3,(H-,58,61,62,63)/p+1/b42-40+,50-48+. The number of likely N-dealkylation sites (N-methyl/N-ethyl adjacent to an activating group) is 1. The average molecular weight is 955 g/mol. The van der Waals surface area contributed by atoms with Gasteiger partial charge in [-0.15, -0.1) is 0 Å². The summed E-state index contributed by atoms with van der Waals surface area (Å²) in [4.78, 5) is 23.3. The minimum absolute atomic E-state index is 0.0588. The van der Waals surface area contributed by atoms with E-state index in [9.17, 15) is 19.4 Å². The van der Waals surface area contributed by atoms with E-state index >= 15 is 0 Å². The largest absolute Gasteiger partial charge is 0.472 e. The molecule has 1 amide bonds. The molecule has 0 aliphatic carbocycles. The van der Waals surface area contributed by atoms with E-state index in [2.05, 4.69) is 31.3 Å². The van der Waals surface area contributed by atoms with E-state index in [-0.39, 0.29) is 19.1 Å². The van der Waals surface area contributed by atoms with Crippen molar-refractivity contribution in [1.82, 2.24) is 5.32 Å². The van der Waals surface area contributed by atoms with Gasteiger partial charge in [0, 0.05) is 6.42 Å². The highest BCUT2D eigenvalue weighted by atomic mass is 31.2. The first-order chi connectivity index (χ1) is 32.0. The number of nitrogens with one attached hydrogen (secondary N) is 1. The molecule has 9 heteroatoms. The van der Waals surface area contributed by atoms with Crippen LogP contribution in [-0.4, -0.2) is 73.4 Å². The number of aliphatic hydroxyl groups excluding tert-OH is 1. The third-order valence-electron chi connectivity index (χ3n) is 13.2. The Morgan fingerprint density at radius 3 is 1.21 bits per heavy atom. The maximum atomic E-state index is 13.0. The third-order valence-corrected chi connectivity index (χ3v) is 14.2. The van der Waals surface area contributed by atoms with Crippen molar-refractivity contribution in [3.8, 4) is 0 Å². The van der Waals surface area contributed by atoms with Gasteiger partial charge >= 0.3 is 7.82 Å². The zero-order valence-corrected chi connectivity index (χ0v) is 45.6. The number of rotatable bonds is 53. The normalized spacial score (nSPS) is 14.1. The molecule has 66 heavy (non-hydrogen) atoms. The molecule has 0 bridgehead atoms. The van der Waals surface area contributed by atoms with Gasteiger partial charge in [-0.25, -0.2) is 4.57 Å². The highest BCUT2D eigenvalue weighted by molar-refractivity contribution is 7.47. The molecule has 0 fully saturated rings. The van der Waals surface area contributed by atoms with Crippen LogP contribution in [0.4, 0.5) is 0 Å². The minimum atomic E-state index is -4.35. The number of quaternary nitrogens is 1. The quantitative estimate of drug-likeness (QED) is 0.0243. The topological polar surface area (TPSA) is 105 Å². The Bertz CT molecular complexity index is 1130. The van der Waals surface area contributed by atoms with Gasteiger partial charge in [0.25, 0.3) is 0 Å². The second-order valence-electron chi connectivity index (χ2n) is 21.0. The van der Waals surface area contributed by atoms with E-state index in [1.165, 1.54) is 225 Å². The van der Waals surface area contributed by atoms with Crippen LogP contribution in [0.25, 0.3) is 0 Å². The van der Waals surface area contributed by atoms with Gasteiger partial charge in [0.15, 0.2) is 0 Å². The lowest BCUT2D eigenvalue weighted by Crippen LogP contribution is -2.45. The Morgan fingerprint density at radius 1 is 0.500 bits per heavy atom. The molecule has 0 saturated heterocycles. The van der Waals surface area contributed by atoms with E-state index in [1.54, 1.807) is 6.08 Å². The van der Waals surface area contributed by atoms with Crippen LogP contribution >= 0.6 is 7.82 Å². The fraction of sp³-hybridized carbons (Fsp3) is 0.912. The fourth-order valence-electron chi connectivity index (χ4n) is 8.65. The summed E-state index contributed by atoms with van der Waals surface area (Å²) >= 11 is 0. The van der Waals surface area contributed by atoms with Crippen LogP contribution in [0.2, 0.25) is 0 Å². The first-order valence-electron chi connectivity index (χ1n) is 28.7. The van der Waals surface area contributed by atoms with Gasteiger partial charge in [0.1, 0.15) is 13.2 Å². The number of hydrogen-bond acceptors (Lipinski definition) is 5. The summed E-state index contributed by atoms with van der Waals surface area (Å²) < 4.78 is 23.7. The number of nitrogens with zero attached hydrogens (tertiary/aromatic N) is 1. The smallest absolute Gasteiger partial charge is 0.387 e. The van der Waals surface area contributed by atoms with Crippen LogP contribution in [0.5, 0.6) is 0 Å². The molecule has 3 N–H and O–H groups in total. The van der Waals surface area contributed by atoms with Crippen molar-refractivity contribution in [1.29, 1.82) is 0 Å². The number of amides is 1. The number of carbonyl (C=O) groups excluding carboxylic acids is 1. The van der Waals surface area contributed by atoms with Crippen LogP contribution < -0.4 is 5.32 Å². The lowest BCUT2D eigenvalue weighted by atomic mass is 10.0. The molecule has 0 heterocycles. The van der Waals surface area contributed by atoms with E-state index in [4.69, 9.17) is 9.05 Å². The summed E-state index contributed by atoms with van der Waals surface area (Å²) in [5.41, 5.74) is 0. The number of phosphoric ester groups is 1. The molecule has 8 nitrogen and oxygen atoms in total. The van der Waals surface area contributed by atoms with Crippen LogP contribution in [-0.2, 0) is 18.4 Å². The van der Waals surface area contributed by atoms with Gasteiger partial charge in [-0.2, -0.15) is 0 Å². The summed E-state index contributed by atoms with van der Waals surface area (Å²) in [6.45, 7) is 4.84. The maximum Gasteiger partial charge on any atom is 0.472 e. The minimum Gasteiger partial charge on any atom is -0.387 e. The van der Waals surface area contributed by atoms with Gasteiger partial charge < -0.3 is 19.8 Å². The molecular formula is C57H114N2O6P+. The van der Waals surface area contributed by atoms with E-state index < -0.39 is 20.0 Å². The van der Waals surface area contributed by atoms with Gasteiger partial charge in [-0.1, -0.05) is 269 Å². The zero-order chi connectivity index (χ0) is 48.5. The van der Waals surface area contributed by atoms with Crippen LogP contribution in [0, 0.1) is 0 Å². The monoisotopic (exact) mass is 954 g/mol. The van der Waals surface area contributed by atoms with Crippen molar-refractivity contribution < 1.29 is 32.9 Å². The summed E-state index contributed by atoms with van der Waals surface area (Å²) in [5.74, 6) is -0.181. The number of unbranched alkanes of at least 4 members (excludes halogenated alkanes) is 38. The van der Waals surface area contributed by atoms with Crippen molar-refractivity contribution >= 4 is 13.7 Å². The van der Waals surface area contributed by atoms with Crippen molar-refractivity contribution in [2.45, 2.75) is 296 Å². The molecule has 3 atom stereocenters. The van der Waals surface area contributed by atoms with E-state index in [0.717, 1.165) is 38.5 Å². The highest BCUT2D eigenvalue weighted by Gasteiger charge is 2.27. The predicted molar refractivity (Wildman–Crippen MR) is 286 cm³/mol. The molecule has 0 aliphatic heterocycles. The van der Waals surface area contributed by atoms with Crippen molar-refractivity contribution in [3.63, 3.8) is 0 Å². The Labute approximate surface area is 411 Å². The van der Waals surface area contributed by atoms with Gasteiger partial charge in [-0.3, -0.25) is 13.8 Å². The van der Waals surface area contributed by atoms with E-state index in [0.29, 0.717) is 17.4 Å². The summed E-state index contributed by atoms with van der Waals surface area (Å²) in [5, 5.41) is 13.9. The number of carbonyl (C=O) groups is 1. The lowest BCUT2D eigenvalue weighted by Gasteiger charge is -2.25. The highest BCUT2D eigenvalue weighted by Crippen LogP contribution is 2.43. The van der Waals surface area contributed by atoms with Crippen molar-refractivity contribution in [2.75, 3.05) is 40.9 Å². The third kappa shape index (κ3) is 50.8. The molecular weight excluding hydrogens is 840 g/mol. The molecule has 0 aromatic rings. The number of aliphatic hydroxyl groups is 1. The molecule has 0 spiro atoms. The molecule has 0 aromatic heterocycles. The molecule has 0 aliphatic rings. The van der Waals surface area contributed by atoms with E-state index in [1.807, 2.05) is 27.2 Å². The molecule has 0 aromatic carbocycles. The summed E-state index contributed by atoms with van der Waals surface area (Å²) in [6.07, 6.45) is 61.4. The van der Waals surface area contributed by atoms with Crippen LogP contribution in [0.15, 0.2) is 24.3 Å². The number of phosphoric acid groups is 1. The Hall–Kier alpha value is -1.02. The predicted octanol–water partition coefficient (Wildman–Crippen LogP) is 17.2. The number of allylic oxidation sites excluding steroid dienone is 3. The molecule has 392 valence electrons. The summed E-state index contributed by atoms with van der Waals surface area (Å²) in [7, 11) is 1.57. The van der Waals surface area contributed by atoms with Gasteiger partial charge in [0.05, 0.1) is 39.9 Å². The molecule has 0 radical (unpaired) electrons. The maximum absolute atomic E-state index is 13.0. The Kier molecular flexibility index (Phi) is 48.2. The zero-order valence-electron chi connectivity index (χ0n) is 44.7. The molecule has 0 rings (SSSR count). The van der Waals surface area contributed by atoms with Crippen molar-refractivity contribution in [2.24, 2.45) is 0 Å². The first kappa shape index (κ1) is 65.0. The molecule has 3 unspecified atom stereocenters. The van der Waals surface area contributed by atoms with Crippen LogP contribution in [0.1, 0.15) is 284 Å². The second kappa shape index (κ2) is 49.0. The SMILES string of the molecule is CCCCCCCCCCCCCCCCC/C=C/CC/C=C/C(O)C(COP(=O)(O)OCC[N+](C)(C)C)NC(=O)CCCCCCCCCCCCCCCCCCCCCCCCC. The molecule has 0 saturated carbocycles. The van der Waals surface area contributed by atoms with Crippen LogP contribution in [0.3, 0.4) is 0 Å². The second-order valence-corrected chi connectivity index (χ2v) is 22.5. The summed E-state index contributed by atoms with van der Waals surface area (Å²) in [6, 6.07) is -0.860. The average Bonchev–Trinajstić information content (AvgIpc) is 3.28. The lowest BCUT2D eigenvalue weighted by molar-refractivity contribution is -0.870. The van der Waals surface area contributed by atoms with Crippen molar-refractivity contribution in [3.05, 3.63) is 24.3 Å². The first-order valence-corrected chi connectivity index (χ1v) is 30.2. The number of hydrogen-bond donors (Lipinski definition) is 3. The van der Waals surface area contributed by atoms with Gasteiger partial charge in [-0.05, 0) is 32.1 Å². The fourth-order valence-corrected chi connectivity index (χ4v) is 9.38. The Morgan fingerprint density at radius 2 is 0.833 bits per heavy atom. The van der Waals surface area contributed by atoms with Gasteiger partial charge in [0.2, 0.25) is 5.91 Å².